The van der Waals surface area contributed by atoms with Crippen LogP contribution in [0.3, 0.4) is 0 Å². The van der Waals surface area contributed by atoms with Gasteiger partial charge in [0.2, 0.25) is 5.88 Å². The van der Waals surface area contributed by atoms with Gasteiger partial charge in [-0.3, -0.25) is 4.90 Å². The number of benzene rings is 1. The molecule has 0 fully saturated rings. The van der Waals surface area contributed by atoms with Crippen LogP contribution < -0.4 is 15.4 Å². The van der Waals surface area contributed by atoms with Crippen LogP contribution in [0.15, 0.2) is 53.7 Å². The number of pyridine rings is 1. The Bertz CT molecular complexity index is 703. The molecule has 0 spiro atoms. The van der Waals surface area contributed by atoms with Crippen molar-refractivity contribution in [1.82, 2.24) is 20.5 Å². The molecule has 28 heavy (non-hydrogen) atoms. The molecule has 0 aliphatic rings. The summed E-state index contributed by atoms with van der Waals surface area (Å²) in [6.07, 6.45) is 2.84. The number of aromatic nitrogens is 1. The third-order valence-corrected chi connectivity index (χ3v) is 4.65. The molecule has 1 aromatic carbocycles. The number of methoxy groups -OCH3 is 1. The molecule has 1 aromatic heterocycles. The van der Waals surface area contributed by atoms with E-state index in [2.05, 4.69) is 76.7 Å². The summed E-state index contributed by atoms with van der Waals surface area (Å²) in [7, 11) is 3.79. The number of hydrogen-bond acceptors (Lipinski definition) is 4. The molecule has 6 heteroatoms. The minimum absolute atomic E-state index is 0.473. The van der Waals surface area contributed by atoms with Crippen molar-refractivity contribution in [1.29, 1.82) is 0 Å². The summed E-state index contributed by atoms with van der Waals surface area (Å²) in [4.78, 5) is 11.3. The monoisotopic (exact) mass is 383 g/mol. The molecule has 1 unspecified atom stereocenters. The Labute approximate surface area is 169 Å². The minimum Gasteiger partial charge on any atom is -0.481 e. The highest BCUT2D eigenvalue weighted by atomic mass is 16.5. The Morgan fingerprint density at radius 1 is 1.14 bits per heavy atom. The molecule has 0 saturated carbocycles. The molecule has 0 radical (unpaired) electrons. The molecule has 1 atom stereocenters. The summed E-state index contributed by atoms with van der Waals surface area (Å²) < 4.78 is 5.09. The normalized spacial score (nSPS) is 12.7. The zero-order valence-corrected chi connectivity index (χ0v) is 17.5. The standard InChI is InChI=1S/C22H33N5O/c1-5-23-22(26-16-20-11-12-21(28-4)25-15-20)24-14-13-18(2)27(3)17-19-9-7-6-8-10-19/h6-12,15,18H,5,13-14,16-17H2,1-4H3,(H2,23,24,26). The van der Waals surface area contributed by atoms with Crippen molar-refractivity contribution in [3.05, 3.63) is 59.8 Å². The van der Waals surface area contributed by atoms with Gasteiger partial charge in [0, 0.05) is 37.9 Å². The zero-order chi connectivity index (χ0) is 20.2. The third-order valence-electron chi connectivity index (χ3n) is 4.65. The van der Waals surface area contributed by atoms with Crippen molar-refractivity contribution < 1.29 is 4.74 Å². The molecule has 2 N–H and O–H groups in total. The van der Waals surface area contributed by atoms with Gasteiger partial charge in [0.25, 0.3) is 0 Å². The quantitative estimate of drug-likeness (QED) is 0.488. The molecule has 0 saturated heterocycles. The minimum atomic E-state index is 0.473. The van der Waals surface area contributed by atoms with Gasteiger partial charge in [0.05, 0.1) is 13.7 Å². The maximum Gasteiger partial charge on any atom is 0.212 e. The number of aliphatic imine (C=N–C) groups is 1. The molecule has 0 aliphatic heterocycles. The van der Waals surface area contributed by atoms with E-state index in [0.29, 0.717) is 18.5 Å². The van der Waals surface area contributed by atoms with Gasteiger partial charge in [0.1, 0.15) is 0 Å². The first-order valence-corrected chi connectivity index (χ1v) is 9.87. The van der Waals surface area contributed by atoms with E-state index in [9.17, 15) is 0 Å². The van der Waals surface area contributed by atoms with Crippen LogP contribution in [0.4, 0.5) is 0 Å². The fourth-order valence-electron chi connectivity index (χ4n) is 2.78. The predicted octanol–water partition coefficient (Wildman–Crippen LogP) is 3.06. The van der Waals surface area contributed by atoms with Gasteiger partial charge in [-0.15, -0.1) is 0 Å². The topological polar surface area (TPSA) is 61.8 Å². The van der Waals surface area contributed by atoms with Crippen molar-refractivity contribution >= 4 is 5.96 Å². The Balaban J connectivity index is 1.79. The number of hydrogen-bond donors (Lipinski definition) is 2. The Morgan fingerprint density at radius 2 is 1.93 bits per heavy atom. The molecule has 2 rings (SSSR count). The van der Waals surface area contributed by atoms with Crippen molar-refractivity contribution in [2.45, 2.75) is 39.4 Å². The van der Waals surface area contributed by atoms with Crippen LogP contribution >= 0.6 is 0 Å². The first-order valence-electron chi connectivity index (χ1n) is 9.87. The van der Waals surface area contributed by atoms with Crippen LogP contribution in [0.5, 0.6) is 5.88 Å². The van der Waals surface area contributed by atoms with Crippen molar-refractivity contribution in [3.8, 4) is 5.88 Å². The summed E-state index contributed by atoms with van der Waals surface area (Å²) in [5.41, 5.74) is 2.39. The van der Waals surface area contributed by atoms with Crippen LogP contribution in [0.2, 0.25) is 0 Å². The van der Waals surface area contributed by atoms with E-state index in [1.165, 1.54) is 5.56 Å². The molecule has 6 nitrogen and oxygen atoms in total. The number of ether oxygens (including phenoxy) is 1. The summed E-state index contributed by atoms with van der Waals surface area (Å²) >= 11 is 0. The first-order chi connectivity index (χ1) is 13.6. The molecule has 0 amide bonds. The van der Waals surface area contributed by atoms with E-state index in [4.69, 9.17) is 4.74 Å². The molecule has 1 heterocycles. The van der Waals surface area contributed by atoms with Gasteiger partial charge in [-0.2, -0.15) is 0 Å². The van der Waals surface area contributed by atoms with E-state index in [1.807, 2.05) is 12.1 Å². The first kappa shape index (κ1) is 21.7. The fraction of sp³-hybridized carbons (Fsp3) is 0.455. The average molecular weight is 384 g/mol. The van der Waals surface area contributed by atoms with Gasteiger partial charge in [-0.1, -0.05) is 36.4 Å². The highest BCUT2D eigenvalue weighted by Gasteiger charge is 2.09. The van der Waals surface area contributed by atoms with Gasteiger partial charge in [-0.25, -0.2) is 9.98 Å². The summed E-state index contributed by atoms with van der Waals surface area (Å²) in [6, 6.07) is 14.9. The highest BCUT2D eigenvalue weighted by Crippen LogP contribution is 2.09. The molecular formula is C22H33N5O. The average Bonchev–Trinajstić information content (AvgIpc) is 2.73. The molecule has 0 aliphatic carbocycles. The highest BCUT2D eigenvalue weighted by molar-refractivity contribution is 5.79. The SMILES string of the molecule is CCNC(=NCc1ccc(OC)nc1)NCCC(C)N(C)Cc1ccccc1. The Hall–Kier alpha value is -2.60. The zero-order valence-electron chi connectivity index (χ0n) is 17.5. The van der Waals surface area contributed by atoms with Crippen LogP contribution in [-0.4, -0.2) is 49.1 Å². The van der Waals surface area contributed by atoms with E-state index < -0.39 is 0 Å². The van der Waals surface area contributed by atoms with Gasteiger partial charge in [0.15, 0.2) is 5.96 Å². The van der Waals surface area contributed by atoms with E-state index >= 15 is 0 Å². The maximum atomic E-state index is 5.09. The summed E-state index contributed by atoms with van der Waals surface area (Å²) in [5.74, 6) is 1.45. The summed E-state index contributed by atoms with van der Waals surface area (Å²) in [6.45, 7) is 7.57. The number of rotatable bonds is 10. The number of guanidine groups is 1. The molecule has 2 aromatic rings. The van der Waals surface area contributed by atoms with Crippen LogP contribution in [0.1, 0.15) is 31.4 Å². The summed E-state index contributed by atoms with van der Waals surface area (Å²) in [5, 5.41) is 6.73. The largest absolute Gasteiger partial charge is 0.481 e. The number of nitrogens with one attached hydrogen (secondary N) is 2. The van der Waals surface area contributed by atoms with Crippen LogP contribution in [0.25, 0.3) is 0 Å². The van der Waals surface area contributed by atoms with E-state index in [1.54, 1.807) is 13.3 Å². The lowest BCUT2D eigenvalue weighted by Crippen LogP contribution is -2.40. The predicted molar refractivity (Wildman–Crippen MR) is 116 cm³/mol. The third kappa shape index (κ3) is 7.56. The van der Waals surface area contributed by atoms with E-state index in [-0.39, 0.29) is 0 Å². The maximum absolute atomic E-state index is 5.09. The van der Waals surface area contributed by atoms with Crippen LogP contribution in [0, 0.1) is 0 Å². The van der Waals surface area contributed by atoms with Crippen molar-refractivity contribution in [2.24, 2.45) is 4.99 Å². The van der Waals surface area contributed by atoms with Gasteiger partial charge >= 0.3 is 0 Å². The second kappa shape index (κ2) is 12.0. The molecular weight excluding hydrogens is 350 g/mol. The second-order valence-electron chi connectivity index (χ2n) is 6.87. The lowest BCUT2D eigenvalue weighted by atomic mass is 10.1. The molecule has 152 valence electrons. The fourth-order valence-corrected chi connectivity index (χ4v) is 2.78. The smallest absolute Gasteiger partial charge is 0.212 e. The lowest BCUT2D eigenvalue weighted by molar-refractivity contribution is 0.238. The molecule has 0 bridgehead atoms. The van der Waals surface area contributed by atoms with Crippen LogP contribution in [-0.2, 0) is 13.1 Å². The van der Waals surface area contributed by atoms with Crippen molar-refractivity contribution in [3.63, 3.8) is 0 Å². The Kier molecular flexibility index (Phi) is 9.28. The number of nitrogens with zero attached hydrogens (tertiary/aromatic N) is 3. The van der Waals surface area contributed by atoms with Gasteiger partial charge < -0.3 is 15.4 Å². The van der Waals surface area contributed by atoms with Crippen molar-refractivity contribution in [2.75, 3.05) is 27.2 Å². The second-order valence-corrected chi connectivity index (χ2v) is 6.87. The van der Waals surface area contributed by atoms with Gasteiger partial charge in [-0.05, 0) is 38.4 Å². The lowest BCUT2D eigenvalue weighted by Gasteiger charge is -2.25. The van der Waals surface area contributed by atoms with E-state index in [0.717, 1.165) is 37.6 Å². The Morgan fingerprint density at radius 3 is 2.57 bits per heavy atom.